The van der Waals surface area contributed by atoms with Crippen molar-refractivity contribution in [3.05, 3.63) is 29.8 Å². The van der Waals surface area contributed by atoms with Crippen molar-refractivity contribution in [3.8, 4) is 0 Å². The highest BCUT2D eigenvalue weighted by Gasteiger charge is 2.02. The normalized spacial score (nSPS) is 9.50. The number of carbonyl (C=O) groups excluding carboxylic acids is 2. The molecule has 0 saturated carbocycles. The van der Waals surface area contributed by atoms with E-state index in [2.05, 4.69) is 5.32 Å². The van der Waals surface area contributed by atoms with Crippen molar-refractivity contribution < 1.29 is 19.5 Å². The molecule has 0 fully saturated rings. The monoisotopic (exact) mass is 221 g/mol. The highest BCUT2D eigenvalue weighted by atomic mass is 16.4. The summed E-state index contributed by atoms with van der Waals surface area (Å²) >= 11 is 0. The zero-order valence-electron chi connectivity index (χ0n) is 8.47. The predicted octanol–water partition coefficient (Wildman–Crippen LogP) is 0.841. The van der Waals surface area contributed by atoms with Crippen LogP contribution in [0.25, 0.3) is 0 Å². The van der Waals surface area contributed by atoms with Crippen molar-refractivity contribution >= 4 is 23.9 Å². The van der Waals surface area contributed by atoms with Crippen LogP contribution in [0.4, 0.5) is 5.69 Å². The van der Waals surface area contributed by atoms with Crippen LogP contribution in [0, 0.1) is 0 Å². The van der Waals surface area contributed by atoms with Crippen molar-refractivity contribution in [2.24, 2.45) is 0 Å². The lowest BCUT2D eigenvalue weighted by molar-refractivity contribution is -0.136. The Balaban J connectivity index is 2.60. The molecule has 16 heavy (non-hydrogen) atoms. The molecule has 84 valence electrons. The fraction of sp³-hybridized carbons (Fsp3) is 0.182. The summed E-state index contributed by atoms with van der Waals surface area (Å²) in [4.78, 5) is 31.5. The third-order valence-electron chi connectivity index (χ3n) is 1.86. The third kappa shape index (κ3) is 3.91. The molecule has 0 bridgehead atoms. The number of carbonyl (C=O) groups is 3. The van der Waals surface area contributed by atoms with Crippen LogP contribution in [0.1, 0.15) is 12.0 Å². The highest BCUT2D eigenvalue weighted by molar-refractivity contribution is 5.97. The number of carboxylic acid groups (broad SMARTS) is 1. The van der Waals surface area contributed by atoms with Crippen molar-refractivity contribution in [2.45, 2.75) is 12.8 Å². The molecule has 0 saturated heterocycles. The summed E-state index contributed by atoms with van der Waals surface area (Å²) in [6.07, 6.45) is 0.285. The van der Waals surface area contributed by atoms with E-state index < -0.39 is 5.97 Å². The molecule has 0 aliphatic carbocycles. The van der Waals surface area contributed by atoms with Crippen LogP contribution >= 0.6 is 0 Å². The van der Waals surface area contributed by atoms with Gasteiger partial charge in [-0.2, -0.15) is 0 Å². The van der Waals surface area contributed by atoms with E-state index in [0.717, 1.165) is 0 Å². The molecule has 5 nitrogen and oxygen atoms in total. The maximum absolute atomic E-state index is 11.0. The average molecular weight is 221 g/mol. The van der Waals surface area contributed by atoms with Crippen molar-refractivity contribution in [3.63, 3.8) is 0 Å². The van der Waals surface area contributed by atoms with Crippen LogP contribution in [-0.4, -0.2) is 23.3 Å². The van der Waals surface area contributed by atoms with Gasteiger partial charge in [0.15, 0.2) is 0 Å². The number of nitrogens with one attached hydrogen (secondary N) is 1. The number of hydrogen-bond acceptors (Lipinski definition) is 3. The summed E-state index contributed by atoms with van der Waals surface area (Å²) in [7, 11) is 0. The Morgan fingerprint density at radius 3 is 2.38 bits per heavy atom. The molecule has 0 atom stereocenters. The van der Waals surface area contributed by atoms with Crippen LogP contribution in [0.2, 0.25) is 0 Å². The molecule has 5 heteroatoms. The van der Waals surface area contributed by atoms with Crippen LogP contribution < -0.4 is 5.32 Å². The van der Waals surface area contributed by atoms with Gasteiger partial charge in [-0.3, -0.25) is 9.59 Å². The van der Waals surface area contributed by atoms with Crippen LogP contribution in [0.15, 0.2) is 24.3 Å². The Hall–Kier alpha value is -2.17. The first kappa shape index (κ1) is 11.9. The number of amides is 1. The molecule has 1 rings (SSSR count). The zero-order valence-corrected chi connectivity index (χ0v) is 8.47. The molecule has 0 heterocycles. The molecule has 2 N–H and O–H groups in total. The first-order valence-electron chi connectivity index (χ1n) is 4.66. The van der Waals surface area contributed by atoms with E-state index in [1.54, 1.807) is 24.3 Å². The molecular weight excluding hydrogens is 210 g/mol. The van der Waals surface area contributed by atoms with Crippen molar-refractivity contribution in [1.82, 2.24) is 0 Å². The molecule has 0 unspecified atom stereocenters. The number of rotatable bonds is 5. The SMILES string of the molecule is O=CCC(=O)Nc1ccc(CC(=O)O)cc1. The standard InChI is InChI=1S/C11H11NO4/c13-6-5-10(14)12-9-3-1-8(2-4-9)7-11(15)16/h1-4,6H,5,7H2,(H,12,14)(H,15,16). The fourth-order valence-corrected chi connectivity index (χ4v) is 1.17. The third-order valence-corrected chi connectivity index (χ3v) is 1.86. The number of aldehydes is 1. The van der Waals surface area contributed by atoms with E-state index in [9.17, 15) is 14.4 Å². The number of hydrogen-bond donors (Lipinski definition) is 2. The van der Waals surface area contributed by atoms with Gasteiger partial charge in [0.05, 0.1) is 12.8 Å². The van der Waals surface area contributed by atoms with Gasteiger partial charge >= 0.3 is 5.97 Å². The van der Waals surface area contributed by atoms with Gasteiger partial charge in [0.25, 0.3) is 0 Å². The smallest absolute Gasteiger partial charge is 0.307 e. The maximum atomic E-state index is 11.0. The van der Waals surface area contributed by atoms with E-state index in [1.807, 2.05) is 0 Å². The molecule has 0 aliphatic heterocycles. The molecule has 0 aliphatic rings. The van der Waals surface area contributed by atoms with Gasteiger partial charge in [0.2, 0.25) is 5.91 Å². The summed E-state index contributed by atoms with van der Waals surface area (Å²) in [6.45, 7) is 0. The van der Waals surface area contributed by atoms with Gasteiger partial charge in [-0.05, 0) is 17.7 Å². The minimum atomic E-state index is -0.905. The minimum absolute atomic E-state index is 0.0530. The zero-order chi connectivity index (χ0) is 12.0. The first-order valence-corrected chi connectivity index (χ1v) is 4.66. The lowest BCUT2D eigenvalue weighted by Crippen LogP contribution is -2.11. The van der Waals surface area contributed by atoms with Gasteiger partial charge in [0, 0.05) is 5.69 Å². The van der Waals surface area contributed by atoms with Gasteiger partial charge < -0.3 is 15.2 Å². The van der Waals surface area contributed by atoms with Crippen molar-refractivity contribution in [1.29, 1.82) is 0 Å². The molecule has 0 aromatic heterocycles. The average Bonchev–Trinajstić information content (AvgIpc) is 2.20. The van der Waals surface area contributed by atoms with E-state index in [0.29, 0.717) is 17.5 Å². The number of carboxylic acids is 1. The van der Waals surface area contributed by atoms with Crippen LogP contribution in [0.3, 0.4) is 0 Å². The maximum Gasteiger partial charge on any atom is 0.307 e. The topological polar surface area (TPSA) is 83.5 Å². The van der Waals surface area contributed by atoms with E-state index in [1.165, 1.54) is 0 Å². The Morgan fingerprint density at radius 2 is 1.88 bits per heavy atom. The molecule has 1 amide bonds. The van der Waals surface area contributed by atoms with E-state index in [-0.39, 0.29) is 18.7 Å². The molecule has 0 radical (unpaired) electrons. The van der Waals surface area contributed by atoms with Gasteiger partial charge in [-0.1, -0.05) is 12.1 Å². The lowest BCUT2D eigenvalue weighted by Gasteiger charge is -2.03. The Bertz CT molecular complexity index is 397. The molecule has 0 spiro atoms. The Labute approximate surface area is 92.1 Å². The lowest BCUT2D eigenvalue weighted by atomic mass is 10.1. The molecular formula is C11H11NO4. The van der Waals surface area contributed by atoms with E-state index >= 15 is 0 Å². The number of anilines is 1. The molecule has 1 aromatic carbocycles. The van der Waals surface area contributed by atoms with E-state index in [4.69, 9.17) is 5.11 Å². The highest BCUT2D eigenvalue weighted by Crippen LogP contribution is 2.10. The van der Waals surface area contributed by atoms with Crippen LogP contribution in [-0.2, 0) is 20.8 Å². The van der Waals surface area contributed by atoms with Crippen LogP contribution in [0.5, 0.6) is 0 Å². The van der Waals surface area contributed by atoms with Crippen molar-refractivity contribution in [2.75, 3.05) is 5.32 Å². The Morgan fingerprint density at radius 1 is 1.25 bits per heavy atom. The second-order valence-corrected chi connectivity index (χ2v) is 3.19. The number of benzene rings is 1. The largest absolute Gasteiger partial charge is 0.481 e. The van der Waals surface area contributed by atoms with Gasteiger partial charge in [0.1, 0.15) is 6.29 Å². The quantitative estimate of drug-likeness (QED) is 0.570. The summed E-state index contributed by atoms with van der Waals surface area (Å²) in [6, 6.07) is 6.43. The predicted molar refractivity (Wildman–Crippen MR) is 57.1 cm³/mol. The summed E-state index contributed by atoms with van der Waals surface area (Å²) in [5.41, 5.74) is 1.20. The molecule has 1 aromatic rings. The van der Waals surface area contributed by atoms with Gasteiger partial charge in [-0.25, -0.2) is 0 Å². The fourth-order valence-electron chi connectivity index (χ4n) is 1.17. The number of aliphatic carboxylic acids is 1. The van der Waals surface area contributed by atoms with Gasteiger partial charge in [-0.15, -0.1) is 0 Å². The summed E-state index contributed by atoms with van der Waals surface area (Å²) in [5.74, 6) is -1.29. The Kier molecular flexibility index (Phi) is 4.20. The minimum Gasteiger partial charge on any atom is -0.481 e. The second kappa shape index (κ2) is 5.65. The summed E-state index contributed by atoms with van der Waals surface area (Å²) in [5, 5.41) is 11.0. The first-order chi connectivity index (χ1) is 7.61. The second-order valence-electron chi connectivity index (χ2n) is 3.19. The summed E-state index contributed by atoms with van der Waals surface area (Å²) < 4.78 is 0.